The lowest BCUT2D eigenvalue weighted by atomic mass is 10.3. The number of nitriles is 1. The van der Waals surface area contributed by atoms with E-state index >= 15 is 0 Å². The normalized spacial score (nSPS) is 19.3. The zero-order valence-corrected chi connectivity index (χ0v) is 10.0. The number of ether oxygens (including phenoxy) is 1. The molecule has 2 rings (SSSR count). The Balaban J connectivity index is 2.27. The molecular formula is C10H9ClN4O3. The van der Waals surface area contributed by atoms with Crippen LogP contribution in [0, 0.1) is 21.4 Å². The van der Waals surface area contributed by atoms with Gasteiger partial charge in [-0.1, -0.05) is 11.6 Å². The molecule has 1 aromatic heterocycles. The van der Waals surface area contributed by atoms with E-state index in [0.717, 1.165) is 0 Å². The number of anilines is 1. The second-order valence-electron chi connectivity index (χ2n) is 3.70. The first kappa shape index (κ1) is 12.5. The van der Waals surface area contributed by atoms with Crippen LogP contribution in [0.15, 0.2) is 12.1 Å². The monoisotopic (exact) mass is 268 g/mol. The van der Waals surface area contributed by atoms with Gasteiger partial charge in [-0.25, -0.2) is 4.98 Å². The summed E-state index contributed by atoms with van der Waals surface area (Å²) in [5, 5.41) is 19.6. The smallest absolute Gasteiger partial charge is 0.276 e. The number of pyridine rings is 1. The van der Waals surface area contributed by atoms with Crippen LogP contribution < -0.4 is 4.90 Å². The van der Waals surface area contributed by atoms with Crippen molar-refractivity contribution < 1.29 is 9.66 Å². The predicted molar refractivity (Wildman–Crippen MR) is 63.5 cm³/mol. The molecule has 2 heterocycles. The van der Waals surface area contributed by atoms with Crippen LogP contribution in [0.2, 0.25) is 5.15 Å². The topological polar surface area (TPSA) is 92.3 Å². The SMILES string of the molecule is N#CC1CN(c2cc([N+](=O)[O-])cc(Cl)n2)CCO1. The van der Waals surface area contributed by atoms with Gasteiger partial charge in [-0.05, 0) is 0 Å². The van der Waals surface area contributed by atoms with Crippen molar-refractivity contribution in [3.63, 3.8) is 0 Å². The Labute approximate surface area is 108 Å². The first-order valence-electron chi connectivity index (χ1n) is 5.18. The van der Waals surface area contributed by atoms with Crippen molar-refractivity contribution in [1.29, 1.82) is 5.26 Å². The Morgan fingerprint density at radius 1 is 1.67 bits per heavy atom. The van der Waals surface area contributed by atoms with Gasteiger partial charge in [-0.15, -0.1) is 0 Å². The summed E-state index contributed by atoms with van der Waals surface area (Å²) >= 11 is 5.75. The number of rotatable bonds is 2. The minimum atomic E-state index is -0.557. The Morgan fingerprint density at radius 2 is 2.44 bits per heavy atom. The molecule has 8 heteroatoms. The lowest BCUT2D eigenvalue weighted by Crippen LogP contribution is -2.42. The second-order valence-corrected chi connectivity index (χ2v) is 4.09. The van der Waals surface area contributed by atoms with Gasteiger partial charge in [-0.2, -0.15) is 5.26 Å². The summed E-state index contributed by atoms with van der Waals surface area (Å²) < 4.78 is 5.19. The van der Waals surface area contributed by atoms with Crippen molar-refractivity contribution in [3.8, 4) is 6.07 Å². The molecule has 1 aromatic rings. The average Bonchev–Trinajstić information content (AvgIpc) is 2.38. The van der Waals surface area contributed by atoms with Gasteiger partial charge in [0.15, 0.2) is 6.10 Å². The van der Waals surface area contributed by atoms with Crippen molar-refractivity contribution in [2.75, 3.05) is 24.6 Å². The highest BCUT2D eigenvalue weighted by Gasteiger charge is 2.23. The summed E-state index contributed by atoms with van der Waals surface area (Å²) in [6, 6.07) is 4.52. The molecule has 18 heavy (non-hydrogen) atoms. The third kappa shape index (κ3) is 2.67. The molecule has 1 fully saturated rings. The molecule has 0 saturated carbocycles. The van der Waals surface area contributed by atoms with Gasteiger partial charge in [0.25, 0.3) is 5.69 Å². The fourth-order valence-electron chi connectivity index (χ4n) is 1.67. The maximum absolute atomic E-state index is 10.7. The van der Waals surface area contributed by atoms with Crippen LogP contribution in [0.1, 0.15) is 0 Å². The summed E-state index contributed by atoms with van der Waals surface area (Å²) in [5.74, 6) is 0.387. The van der Waals surface area contributed by atoms with E-state index in [4.69, 9.17) is 21.6 Å². The van der Waals surface area contributed by atoms with E-state index in [-0.39, 0.29) is 10.8 Å². The third-order valence-corrected chi connectivity index (χ3v) is 2.70. The third-order valence-electron chi connectivity index (χ3n) is 2.51. The average molecular weight is 269 g/mol. The number of hydrogen-bond acceptors (Lipinski definition) is 6. The number of nitro groups is 1. The van der Waals surface area contributed by atoms with E-state index in [1.807, 2.05) is 6.07 Å². The summed E-state index contributed by atoms with van der Waals surface area (Å²) in [4.78, 5) is 16.0. The van der Waals surface area contributed by atoms with Crippen LogP contribution in [-0.4, -0.2) is 35.7 Å². The van der Waals surface area contributed by atoms with Gasteiger partial charge in [0.1, 0.15) is 11.0 Å². The van der Waals surface area contributed by atoms with Crippen molar-refractivity contribution in [3.05, 3.63) is 27.4 Å². The summed E-state index contributed by atoms with van der Waals surface area (Å²) in [5.41, 5.74) is -0.120. The molecule has 1 atom stereocenters. The van der Waals surface area contributed by atoms with E-state index < -0.39 is 11.0 Å². The van der Waals surface area contributed by atoms with Crippen molar-refractivity contribution in [1.82, 2.24) is 4.98 Å². The van der Waals surface area contributed by atoms with E-state index in [1.54, 1.807) is 4.90 Å². The van der Waals surface area contributed by atoms with Gasteiger partial charge in [0, 0.05) is 6.54 Å². The molecule has 1 saturated heterocycles. The van der Waals surface area contributed by atoms with Crippen molar-refractivity contribution in [2.45, 2.75) is 6.10 Å². The fourth-order valence-corrected chi connectivity index (χ4v) is 1.87. The number of hydrogen-bond donors (Lipinski definition) is 0. The highest BCUT2D eigenvalue weighted by Crippen LogP contribution is 2.24. The van der Waals surface area contributed by atoms with Crippen LogP contribution >= 0.6 is 11.6 Å². The molecule has 0 amide bonds. The molecule has 0 aromatic carbocycles. The van der Waals surface area contributed by atoms with Crippen molar-refractivity contribution in [2.24, 2.45) is 0 Å². The molecule has 0 bridgehead atoms. The van der Waals surface area contributed by atoms with Crippen molar-refractivity contribution >= 4 is 23.1 Å². The second kappa shape index (κ2) is 5.16. The largest absolute Gasteiger partial charge is 0.360 e. The summed E-state index contributed by atoms with van der Waals surface area (Å²) in [6.45, 7) is 1.21. The molecule has 0 radical (unpaired) electrons. The number of morpholine rings is 1. The number of nitrogens with zero attached hydrogens (tertiary/aromatic N) is 4. The Morgan fingerprint density at radius 3 is 3.11 bits per heavy atom. The molecule has 0 spiro atoms. The predicted octanol–water partition coefficient (Wildman–Crippen LogP) is 1.37. The number of aromatic nitrogens is 1. The van der Waals surface area contributed by atoms with Gasteiger partial charge < -0.3 is 9.64 Å². The van der Waals surface area contributed by atoms with E-state index in [2.05, 4.69) is 4.98 Å². The van der Waals surface area contributed by atoms with Crippen LogP contribution in [0.5, 0.6) is 0 Å². The molecule has 1 unspecified atom stereocenters. The molecule has 1 aliphatic rings. The Bertz CT molecular complexity index is 516. The molecule has 7 nitrogen and oxygen atoms in total. The molecule has 94 valence electrons. The highest BCUT2D eigenvalue weighted by atomic mass is 35.5. The minimum absolute atomic E-state index is 0.0548. The molecule has 1 aliphatic heterocycles. The van der Waals surface area contributed by atoms with E-state index in [0.29, 0.717) is 25.5 Å². The zero-order chi connectivity index (χ0) is 13.1. The maximum Gasteiger partial charge on any atom is 0.276 e. The van der Waals surface area contributed by atoms with Gasteiger partial charge >= 0.3 is 0 Å². The first-order chi connectivity index (χ1) is 8.60. The minimum Gasteiger partial charge on any atom is -0.360 e. The molecule has 0 aliphatic carbocycles. The van der Waals surface area contributed by atoms with Gasteiger partial charge in [-0.3, -0.25) is 10.1 Å². The maximum atomic E-state index is 10.7. The Kier molecular flexibility index (Phi) is 3.60. The molecular weight excluding hydrogens is 260 g/mol. The zero-order valence-electron chi connectivity index (χ0n) is 9.24. The van der Waals surface area contributed by atoms with Crippen LogP contribution in [0.25, 0.3) is 0 Å². The van der Waals surface area contributed by atoms with Crippen LogP contribution in [-0.2, 0) is 4.74 Å². The quantitative estimate of drug-likeness (QED) is 0.457. The van der Waals surface area contributed by atoms with Gasteiger partial charge in [0.2, 0.25) is 0 Å². The Hall–Kier alpha value is -1.91. The van der Waals surface area contributed by atoms with E-state index in [9.17, 15) is 10.1 Å². The van der Waals surface area contributed by atoms with E-state index in [1.165, 1.54) is 12.1 Å². The highest BCUT2D eigenvalue weighted by molar-refractivity contribution is 6.29. The number of halogens is 1. The lowest BCUT2D eigenvalue weighted by Gasteiger charge is -2.30. The standard InChI is InChI=1S/C10H9ClN4O3/c11-9-3-7(15(16)17)4-10(13-9)14-1-2-18-8(5-12)6-14/h3-4,8H,1-2,6H2. The summed E-state index contributed by atoms with van der Waals surface area (Å²) in [7, 11) is 0. The first-order valence-corrected chi connectivity index (χ1v) is 5.56. The lowest BCUT2D eigenvalue weighted by molar-refractivity contribution is -0.384. The summed E-state index contributed by atoms with van der Waals surface area (Å²) in [6.07, 6.45) is -0.557. The van der Waals surface area contributed by atoms with Crippen LogP contribution in [0.4, 0.5) is 11.5 Å². The fraction of sp³-hybridized carbons (Fsp3) is 0.400. The molecule has 0 N–H and O–H groups in total. The van der Waals surface area contributed by atoms with Gasteiger partial charge in [0.05, 0.1) is 36.3 Å². The van der Waals surface area contributed by atoms with Crippen LogP contribution in [0.3, 0.4) is 0 Å².